The lowest BCUT2D eigenvalue weighted by atomic mass is 10.0. The molecule has 2 amide bonds. The topological polar surface area (TPSA) is 83.6 Å². The molecular formula is C27H36N4O3S2. The molecule has 7 nitrogen and oxygen atoms in total. The first kappa shape index (κ1) is 26.6. The van der Waals surface area contributed by atoms with Gasteiger partial charge in [-0.05, 0) is 70.7 Å². The molecule has 0 saturated carbocycles. The van der Waals surface area contributed by atoms with Gasteiger partial charge in [0.2, 0.25) is 5.91 Å². The highest BCUT2D eigenvalue weighted by atomic mass is 32.1. The molecule has 4 rings (SSSR count). The number of ether oxygens (including phenoxy) is 1. The van der Waals surface area contributed by atoms with Crippen LogP contribution in [0.15, 0.2) is 18.2 Å². The number of carbonyl (C=O) groups is 2. The van der Waals surface area contributed by atoms with E-state index in [0.29, 0.717) is 38.5 Å². The summed E-state index contributed by atoms with van der Waals surface area (Å²) in [6, 6.07) is 6.68. The highest BCUT2D eigenvalue weighted by molar-refractivity contribution is 7.23. The third kappa shape index (κ3) is 6.25. The van der Waals surface area contributed by atoms with Crippen molar-refractivity contribution in [2.75, 3.05) is 18.4 Å². The normalized spacial score (nSPS) is 14.6. The van der Waals surface area contributed by atoms with E-state index in [1.807, 2.05) is 20.8 Å². The number of hydrogen-bond acceptors (Lipinski definition) is 7. The smallest absolute Gasteiger partial charge is 0.410 e. The Hall–Kier alpha value is -2.49. The van der Waals surface area contributed by atoms with Crippen LogP contribution >= 0.6 is 22.7 Å². The summed E-state index contributed by atoms with van der Waals surface area (Å²) in [7, 11) is 0. The lowest BCUT2D eigenvalue weighted by Crippen LogP contribution is -2.39. The van der Waals surface area contributed by atoms with Crippen molar-refractivity contribution in [1.29, 1.82) is 0 Å². The van der Waals surface area contributed by atoms with Gasteiger partial charge >= 0.3 is 6.09 Å². The zero-order valence-electron chi connectivity index (χ0n) is 22.0. The third-order valence-electron chi connectivity index (χ3n) is 6.18. The number of hydrogen-bond donors (Lipinski definition) is 2. The van der Waals surface area contributed by atoms with E-state index < -0.39 is 5.60 Å². The van der Waals surface area contributed by atoms with E-state index in [9.17, 15) is 9.59 Å². The number of aryl methyl sites for hydroxylation is 1. The van der Waals surface area contributed by atoms with Gasteiger partial charge in [0.25, 0.3) is 0 Å². The maximum Gasteiger partial charge on any atom is 0.410 e. The van der Waals surface area contributed by atoms with Crippen LogP contribution in [0, 0.1) is 6.92 Å². The molecule has 1 aliphatic rings. The number of fused-ring (bicyclic) bond motifs is 2. The zero-order chi connectivity index (χ0) is 26.0. The molecule has 1 atom stereocenters. The molecule has 3 heterocycles. The molecule has 0 fully saturated rings. The van der Waals surface area contributed by atoms with Crippen LogP contribution in [0.5, 0.6) is 0 Å². The number of benzene rings is 1. The van der Waals surface area contributed by atoms with Crippen LogP contribution in [-0.4, -0.2) is 46.6 Å². The number of aromatic nitrogens is 1. The molecule has 194 valence electrons. The lowest BCUT2D eigenvalue weighted by Gasteiger charge is -2.30. The molecule has 0 radical (unpaired) electrons. The predicted molar refractivity (Wildman–Crippen MR) is 149 cm³/mol. The maximum atomic E-state index is 12.9. The summed E-state index contributed by atoms with van der Waals surface area (Å²) < 4.78 is 6.73. The SMILES string of the molecule is CC[C@H](C)NCCC(=O)Nc1sc2c(c1-c1nc3cc(C)ccc3s1)CCN(C(=O)OC(C)(C)C)C2. The van der Waals surface area contributed by atoms with E-state index in [-0.39, 0.29) is 12.0 Å². The fraction of sp³-hybridized carbons (Fsp3) is 0.519. The second-order valence-electron chi connectivity index (χ2n) is 10.4. The molecule has 36 heavy (non-hydrogen) atoms. The lowest BCUT2D eigenvalue weighted by molar-refractivity contribution is -0.116. The highest BCUT2D eigenvalue weighted by Crippen LogP contribution is 2.46. The quantitative estimate of drug-likeness (QED) is 0.374. The molecule has 1 aromatic carbocycles. The summed E-state index contributed by atoms with van der Waals surface area (Å²) in [5.74, 6) is -0.0217. The number of nitrogens with one attached hydrogen (secondary N) is 2. The van der Waals surface area contributed by atoms with Gasteiger partial charge in [-0.15, -0.1) is 22.7 Å². The van der Waals surface area contributed by atoms with Crippen molar-refractivity contribution in [1.82, 2.24) is 15.2 Å². The van der Waals surface area contributed by atoms with E-state index in [1.54, 1.807) is 27.6 Å². The molecule has 1 aliphatic heterocycles. The molecule has 0 aliphatic carbocycles. The Morgan fingerprint density at radius 2 is 2.03 bits per heavy atom. The van der Waals surface area contributed by atoms with Gasteiger partial charge in [-0.2, -0.15) is 0 Å². The standard InChI is InChI=1S/C27H36N4O3S2/c1-7-17(3)28-12-10-22(32)30-25-23(24-29-19-14-16(2)8-9-20(19)35-24)18-11-13-31(15-21(18)36-25)26(33)34-27(4,5)6/h8-9,14,17,28H,7,10-13,15H2,1-6H3,(H,30,32)/t17-/m0/s1. The van der Waals surface area contributed by atoms with Gasteiger partial charge in [-0.1, -0.05) is 13.0 Å². The maximum absolute atomic E-state index is 12.9. The monoisotopic (exact) mass is 528 g/mol. The van der Waals surface area contributed by atoms with Crippen LogP contribution in [0.25, 0.3) is 20.8 Å². The van der Waals surface area contributed by atoms with Crippen molar-refractivity contribution in [3.63, 3.8) is 0 Å². The highest BCUT2D eigenvalue weighted by Gasteiger charge is 2.31. The van der Waals surface area contributed by atoms with Crippen LogP contribution in [0.2, 0.25) is 0 Å². The fourth-order valence-corrected chi connectivity index (χ4v) is 6.48. The van der Waals surface area contributed by atoms with E-state index in [1.165, 1.54) is 11.1 Å². The zero-order valence-corrected chi connectivity index (χ0v) is 23.6. The van der Waals surface area contributed by atoms with E-state index in [0.717, 1.165) is 37.1 Å². The third-order valence-corrected chi connectivity index (χ3v) is 8.36. The summed E-state index contributed by atoms with van der Waals surface area (Å²) in [5, 5.41) is 8.27. The molecule has 2 N–H and O–H groups in total. The van der Waals surface area contributed by atoms with Crippen molar-refractivity contribution < 1.29 is 14.3 Å². The molecule has 0 saturated heterocycles. The Kier molecular flexibility index (Phi) is 8.02. The Morgan fingerprint density at radius 1 is 1.25 bits per heavy atom. The van der Waals surface area contributed by atoms with Crippen LogP contribution in [0.4, 0.5) is 9.80 Å². The van der Waals surface area contributed by atoms with E-state index in [2.05, 4.69) is 49.6 Å². The number of amides is 2. The summed E-state index contributed by atoms with van der Waals surface area (Å²) in [6.45, 7) is 13.6. The second kappa shape index (κ2) is 10.9. The van der Waals surface area contributed by atoms with Crippen LogP contribution in [0.1, 0.15) is 63.5 Å². The summed E-state index contributed by atoms with van der Waals surface area (Å²) in [6.07, 6.45) is 1.81. The Labute approximate surface area is 221 Å². The minimum Gasteiger partial charge on any atom is -0.444 e. The van der Waals surface area contributed by atoms with Gasteiger partial charge < -0.3 is 20.3 Å². The van der Waals surface area contributed by atoms with Gasteiger partial charge in [-0.25, -0.2) is 9.78 Å². The largest absolute Gasteiger partial charge is 0.444 e. The fourth-order valence-electron chi connectivity index (χ4n) is 4.11. The molecule has 9 heteroatoms. The van der Waals surface area contributed by atoms with Crippen LogP contribution < -0.4 is 10.6 Å². The van der Waals surface area contributed by atoms with Gasteiger partial charge in [0.15, 0.2) is 0 Å². The minimum absolute atomic E-state index is 0.0217. The van der Waals surface area contributed by atoms with Crippen molar-refractivity contribution >= 4 is 49.9 Å². The summed E-state index contributed by atoms with van der Waals surface area (Å²) >= 11 is 3.19. The van der Waals surface area contributed by atoms with Crippen molar-refractivity contribution in [2.24, 2.45) is 0 Å². The number of carbonyl (C=O) groups excluding carboxylic acids is 2. The van der Waals surface area contributed by atoms with Crippen molar-refractivity contribution in [2.45, 2.75) is 79.0 Å². The van der Waals surface area contributed by atoms with E-state index in [4.69, 9.17) is 9.72 Å². The first-order valence-corrected chi connectivity index (χ1v) is 14.2. The molecule has 2 aromatic heterocycles. The number of anilines is 1. The van der Waals surface area contributed by atoms with Crippen LogP contribution in [0.3, 0.4) is 0 Å². The van der Waals surface area contributed by atoms with E-state index >= 15 is 0 Å². The number of thiophene rings is 1. The number of nitrogens with zero attached hydrogens (tertiary/aromatic N) is 2. The first-order chi connectivity index (χ1) is 17.0. The van der Waals surface area contributed by atoms with Crippen molar-refractivity contribution in [3.8, 4) is 10.6 Å². The summed E-state index contributed by atoms with van der Waals surface area (Å²) in [4.78, 5) is 33.4. The van der Waals surface area contributed by atoms with Crippen LogP contribution in [-0.2, 0) is 22.5 Å². The first-order valence-electron chi connectivity index (χ1n) is 12.6. The Morgan fingerprint density at radius 3 is 2.75 bits per heavy atom. The van der Waals surface area contributed by atoms with Gasteiger partial charge in [0.05, 0.1) is 16.8 Å². The number of rotatable bonds is 7. The molecule has 0 bridgehead atoms. The summed E-state index contributed by atoms with van der Waals surface area (Å²) in [5.41, 5.74) is 3.77. The average Bonchev–Trinajstić information content (AvgIpc) is 3.36. The molecule has 0 spiro atoms. The Bertz CT molecular complexity index is 1260. The predicted octanol–water partition coefficient (Wildman–Crippen LogP) is 6.34. The minimum atomic E-state index is -0.542. The second-order valence-corrected chi connectivity index (χ2v) is 12.5. The average molecular weight is 529 g/mol. The van der Waals surface area contributed by atoms with Gasteiger partial charge in [0, 0.05) is 36.0 Å². The number of thiazole rings is 1. The molecule has 3 aromatic rings. The molecular weight excluding hydrogens is 492 g/mol. The van der Waals surface area contributed by atoms with Gasteiger partial charge in [0.1, 0.15) is 15.6 Å². The van der Waals surface area contributed by atoms with Crippen molar-refractivity contribution in [3.05, 3.63) is 34.2 Å². The molecule has 0 unspecified atom stereocenters. The Balaban J connectivity index is 1.63. The van der Waals surface area contributed by atoms with Gasteiger partial charge in [-0.3, -0.25) is 4.79 Å².